The average Bonchev–Trinajstić information content (AvgIpc) is 2.55. The van der Waals surface area contributed by atoms with Crippen LogP contribution in [0.1, 0.15) is 13.8 Å². The van der Waals surface area contributed by atoms with Crippen molar-refractivity contribution in [2.45, 2.75) is 24.8 Å². The molecule has 2 aromatic carbocycles. The number of benzene rings is 2. The van der Waals surface area contributed by atoms with Crippen molar-refractivity contribution < 1.29 is 18.3 Å². The molecule has 1 atom stereocenters. The number of nitrogens with one attached hydrogen (secondary N) is 1. The van der Waals surface area contributed by atoms with Crippen molar-refractivity contribution in [3.05, 3.63) is 51.4 Å². The van der Waals surface area contributed by atoms with Crippen molar-refractivity contribution in [2.24, 2.45) is 5.92 Å². The number of halogens is 2. The van der Waals surface area contributed by atoms with Crippen LogP contribution >= 0.6 is 31.9 Å². The number of rotatable bonds is 6. The van der Waals surface area contributed by atoms with Crippen LogP contribution in [0, 0.1) is 5.92 Å². The van der Waals surface area contributed by atoms with Gasteiger partial charge < -0.3 is 5.11 Å². The Balaban J connectivity index is 0.00000338. The molecule has 0 aliphatic rings. The Morgan fingerprint density at radius 2 is 1.54 bits per heavy atom. The maximum atomic E-state index is 12.4. The molecule has 0 fully saturated rings. The Kier molecular flexibility index (Phi) is 8.99. The van der Waals surface area contributed by atoms with Gasteiger partial charge in [-0.3, -0.25) is 4.79 Å². The summed E-state index contributed by atoms with van der Waals surface area (Å²) in [5.41, 5.74) is 1.78. The SMILES string of the molecule is CC(C)[C@H](NS(=O)(=O)c1ccc(-c2ccc(Br)c(Br)c2)cc1)C(=O)O.[NaH]. The molecule has 0 radical (unpaired) electrons. The first-order valence-corrected chi connectivity index (χ1v) is 10.5. The monoisotopic (exact) mass is 513 g/mol. The van der Waals surface area contributed by atoms with E-state index in [9.17, 15) is 13.2 Å². The molecule has 0 heterocycles. The predicted octanol–water partition coefficient (Wildman–Crippen LogP) is 3.62. The van der Waals surface area contributed by atoms with E-state index in [-0.39, 0.29) is 40.4 Å². The van der Waals surface area contributed by atoms with Gasteiger partial charge in [0.15, 0.2) is 0 Å². The Morgan fingerprint density at radius 1 is 1.00 bits per heavy atom. The summed E-state index contributed by atoms with van der Waals surface area (Å²) in [6.07, 6.45) is 0. The summed E-state index contributed by atoms with van der Waals surface area (Å²) in [4.78, 5) is 11.2. The van der Waals surface area contributed by atoms with E-state index in [1.54, 1.807) is 26.0 Å². The molecule has 0 bridgehead atoms. The van der Waals surface area contributed by atoms with Crippen LogP contribution in [-0.2, 0) is 14.8 Å². The summed E-state index contributed by atoms with van der Waals surface area (Å²) in [5, 5.41) is 9.16. The zero-order valence-electron chi connectivity index (χ0n) is 13.5. The number of carboxylic acid groups (broad SMARTS) is 1. The Labute approximate surface area is 192 Å². The Bertz CT molecular complexity index is 886. The fourth-order valence-electron chi connectivity index (χ4n) is 2.21. The van der Waals surface area contributed by atoms with Gasteiger partial charge in [-0.2, -0.15) is 4.72 Å². The van der Waals surface area contributed by atoms with Gasteiger partial charge in [-0.1, -0.05) is 32.0 Å². The van der Waals surface area contributed by atoms with Crippen LogP contribution in [0.15, 0.2) is 56.3 Å². The third kappa shape index (κ3) is 5.89. The molecule has 26 heavy (non-hydrogen) atoms. The van der Waals surface area contributed by atoms with E-state index in [4.69, 9.17) is 5.11 Å². The van der Waals surface area contributed by atoms with Crippen LogP contribution in [0.5, 0.6) is 0 Å². The number of carboxylic acids is 1. The molecule has 0 aliphatic heterocycles. The molecule has 0 spiro atoms. The van der Waals surface area contributed by atoms with Gasteiger partial charge in [0, 0.05) is 8.95 Å². The molecular formula is C17H18Br2NNaO4S. The van der Waals surface area contributed by atoms with E-state index in [1.807, 2.05) is 18.2 Å². The Hall–Kier alpha value is -0.220. The number of hydrogen-bond acceptors (Lipinski definition) is 3. The van der Waals surface area contributed by atoms with E-state index in [2.05, 4.69) is 36.6 Å². The number of hydrogen-bond donors (Lipinski definition) is 2. The van der Waals surface area contributed by atoms with Crippen LogP contribution in [0.3, 0.4) is 0 Å². The first-order valence-electron chi connectivity index (χ1n) is 7.42. The van der Waals surface area contributed by atoms with E-state index in [0.717, 1.165) is 20.1 Å². The maximum absolute atomic E-state index is 12.4. The van der Waals surface area contributed by atoms with E-state index >= 15 is 0 Å². The van der Waals surface area contributed by atoms with Gasteiger partial charge in [0.2, 0.25) is 10.0 Å². The van der Waals surface area contributed by atoms with Crippen molar-refractivity contribution in [2.75, 3.05) is 0 Å². The molecule has 9 heteroatoms. The molecule has 0 amide bonds. The molecule has 2 aromatic rings. The first-order chi connectivity index (χ1) is 11.6. The number of aliphatic carboxylic acids is 1. The molecule has 0 saturated heterocycles. The summed E-state index contributed by atoms with van der Waals surface area (Å²) in [6.45, 7) is 3.30. The third-order valence-corrected chi connectivity index (χ3v) is 6.97. The molecule has 0 saturated carbocycles. The van der Waals surface area contributed by atoms with Crippen molar-refractivity contribution in [1.82, 2.24) is 4.72 Å². The van der Waals surface area contributed by atoms with E-state index in [1.165, 1.54) is 12.1 Å². The van der Waals surface area contributed by atoms with Gasteiger partial charge in [0.05, 0.1) is 4.90 Å². The quantitative estimate of drug-likeness (QED) is 0.577. The van der Waals surface area contributed by atoms with Crippen molar-refractivity contribution in [1.29, 1.82) is 0 Å². The molecule has 136 valence electrons. The second-order valence-electron chi connectivity index (χ2n) is 5.83. The van der Waals surface area contributed by atoms with Crippen LogP contribution < -0.4 is 4.72 Å². The number of sulfonamides is 1. The second-order valence-corrected chi connectivity index (χ2v) is 9.26. The summed E-state index contributed by atoms with van der Waals surface area (Å²) in [6, 6.07) is 10.9. The molecule has 0 unspecified atom stereocenters. The molecule has 0 aromatic heterocycles. The van der Waals surface area contributed by atoms with Gasteiger partial charge in [-0.05, 0) is 73.2 Å². The zero-order valence-corrected chi connectivity index (χ0v) is 17.5. The van der Waals surface area contributed by atoms with Crippen molar-refractivity contribution >= 4 is 77.4 Å². The van der Waals surface area contributed by atoms with Gasteiger partial charge >= 0.3 is 35.5 Å². The Morgan fingerprint density at radius 3 is 2.00 bits per heavy atom. The standard InChI is InChI=1S/C17H17Br2NO4S.Na.H/c1-10(2)16(17(21)22)20-25(23,24)13-6-3-11(4-7-13)12-5-8-14(18)15(19)9-12;;/h3-10,16,20H,1-2H3,(H,21,22);;/t16-;;/m0../s1. The zero-order chi connectivity index (χ0) is 18.8. The van der Waals surface area contributed by atoms with Gasteiger partial charge in [-0.25, -0.2) is 8.42 Å². The summed E-state index contributed by atoms with van der Waals surface area (Å²) >= 11 is 6.84. The summed E-state index contributed by atoms with van der Waals surface area (Å²) in [5.74, 6) is -1.57. The summed E-state index contributed by atoms with van der Waals surface area (Å²) in [7, 11) is -3.91. The average molecular weight is 515 g/mol. The van der Waals surface area contributed by atoms with Crippen LogP contribution in [0.4, 0.5) is 0 Å². The molecule has 5 nitrogen and oxygen atoms in total. The van der Waals surface area contributed by atoms with Crippen LogP contribution in [0.2, 0.25) is 0 Å². The fraction of sp³-hybridized carbons (Fsp3) is 0.235. The van der Waals surface area contributed by atoms with Gasteiger partial charge in [0.25, 0.3) is 0 Å². The van der Waals surface area contributed by atoms with Gasteiger partial charge in [-0.15, -0.1) is 0 Å². The second kappa shape index (κ2) is 9.82. The first kappa shape index (κ1) is 23.8. The molecule has 0 aliphatic carbocycles. The number of carbonyl (C=O) groups is 1. The van der Waals surface area contributed by atoms with Crippen LogP contribution in [-0.4, -0.2) is 55.1 Å². The van der Waals surface area contributed by atoms with Crippen LogP contribution in [0.25, 0.3) is 11.1 Å². The normalized spacial score (nSPS) is 12.5. The fourth-order valence-corrected chi connectivity index (χ4v) is 4.17. The third-order valence-electron chi connectivity index (χ3n) is 3.63. The van der Waals surface area contributed by atoms with Crippen molar-refractivity contribution in [3.8, 4) is 11.1 Å². The molecule has 2 N–H and O–H groups in total. The van der Waals surface area contributed by atoms with Gasteiger partial charge in [0.1, 0.15) is 6.04 Å². The minimum absolute atomic E-state index is 0. The topological polar surface area (TPSA) is 83.5 Å². The minimum atomic E-state index is -3.91. The predicted molar refractivity (Wildman–Crippen MR) is 111 cm³/mol. The van der Waals surface area contributed by atoms with E-state index < -0.39 is 22.0 Å². The molecular weight excluding hydrogens is 497 g/mol. The molecule has 2 rings (SSSR count). The van der Waals surface area contributed by atoms with E-state index in [0.29, 0.717) is 0 Å². The summed E-state index contributed by atoms with van der Waals surface area (Å²) < 4.78 is 28.9. The van der Waals surface area contributed by atoms with Crippen molar-refractivity contribution in [3.63, 3.8) is 0 Å².